The van der Waals surface area contributed by atoms with Crippen molar-refractivity contribution < 1.29 is 5.11 Å². The largest absolute Gasteiger partial charge is 0.506 e. The molecule has 0 unspecified atom stereocenters. The molecule has 0 amide bonds. The van der Waals surface area contributed by atoms with E-state index in [1.807, 2.05) is 59.4 Å². The average molecular weight is 419 g/mol. The summed E-state index contributed by atoms with van der Waals surface area (Å²) in [5.41, 5.74) is 3.14. The molecule has 0 bridgehead atoms. The standard InChI is InChI=1S/C24H30N6O/c1-2-25-24(29-16-14-28(15-17-29)22-10-6-7-11-23(22)31)26-13-12-20-18-27-30(19-20)21-8-4-3-5-9-21/h3-11,18-19,31H,2,12-17H2,1H3,(H,25,26). The minimum absolute atomic E-state index is 0.340. The second kappa shape index (κ2) is 10.0. The Balaban J connectivity index is 1.34. The summed E-state index contributed by atoms with van der Waals surface area (Å²) in [5, 5.41) is 18.0. The lowest BCUT2D eigenvalue weighted by atomic mass is 10.2. The van der Waals surface area contributed by atoms with Crippen molar-refractivity contribution in [3.05, 3.63) is 72.6 Å². The van der Waals surface area contributed by atoms with Crippen LogP contribution in [0.4, 0.5) is 5.69 Å². The molecule has 4 rings (SSSR count). The molecule has 7 nitrogen and oxygen atoms in total. The van der Waals surface area contributed by atoms with Crippen molar-refractivity contribution in [2.24, 2.45) is 4.99 Å². The molecule has 1 fully saturated rings. The van der Waals surface area contributed by atoms with E-state index in [0.717, 1.165) is 56.5 Å². The van der Waals surface area contributed by atoms with Gasteiger partial charge in [0.05, 0.1) is 17.6 Å². The number of nitrogens with one attached hydrogen (secondary N) is 1. The number of hydrogen-bond acceptors (Lipinski definition) is 4. The normalized spacial score (nSPS) is 14.7. The Morgan fingerprint density at radius 1 is 1.03 bits per heavy atom. The van der Waals surface area contributed by atoms with Crippen LogP contribution in [0.25, 0.3) is 5.69 Å². The Bertz CT molecular complexity index is 992. The number of anilines is 1. The SMILES string of the molecule is CCNC(=NCCc1cnn(-c2ccccc2)c1)N1CCN(c2ccccc2O)CC1. The zero-order valence-corrected chi connectivity index (χ0v) is 18.0. The maximum absolute atomic E-state index is 10.1. The number of piperazine rings is 1. The van der Waals surface area contributed by atoms with E-state index < -0.39 is 0 Å². The second-order valence-corrected chi connectivity index (χ2v) is 7.58. The molecule has 0 radical (unpaired) electrons. The lowest BCUT2D eigenvalue weighted by Crippen LogP contribution is -2.52. The Morgan fingerprint density at radius 2 is 1.77 bits per heavy atom. The molecule has 1 aliphatic heterocycles. The predicted octanol–water partition coefficient (Wildman–Crippen LogP) is 2.91. The van der Waals surface area contributed by atoms with Gasteiger partial charge in [-0.05, 0) is 43.2 Å². The quantitative estimate of drug-likeness (QED) is 0.476. The van der Waals surface area contributed by atoms with Crippen LogP contribution in [0.15, 0.2) is 72.0 Å². The molecule has 1 aliphatic rings. The maximum atomic E-state index is 10.1. The van der Waals surface area contributed by atoms with Crippen molar-refractivity contribution in [2.75, 3.05) is 44.2 Å². The van der Waals surface area contributed by atoms with Crippen molar-refractivity contribution in [1.82, 2.24) is 20.0 Å². The number of hydrogen-bond donors (Lipinski definition) is 2. The van der Waals surface area contributed by atoms with Crippen LogP contribution in [0.2, 0.25) is 0 Å². The molecule has 0 saturated carbocycles. The zero-order chi connectivity index (χ0) is 21.5. The Labute approximate surface area is 183 Å². The number of rotatable bonds is 6. The minimum Gasteiger partial charge on any atom is -0.506 e. The number of phenolic OH excluding ortho intramolecular Hbond substituents is 1. The molecule has 2 N–H and O–H groups in total. The Hall–Kier alpha value is -3.48. The smallest absolute Gasteiger partial charge is 0.194 e. The highest BCUT2D eigenvalue weighted by Crippen LogP contribution is 2.27. The number of aromatic nitrogens is 2. The molecule has 7 heteroatoms. The molecular formula is C24H30N6O. The average Bonchev–Trinajstić information content (AvgIpc) is 3.29. The number of nitrogens with zero attached hydrogens (tertiary/aromatic N) is 5. The molecule has 0 aliphatic carbocycles. The molecule has 162 valence electrons. The second-order valence-electron chi connectivity index (χ2n) is 7.58. The van der Waals surface area contributed by atoms with Crippen LogP contribution in [0.3, 0.4) is 0 Å². The van der Waals surface area contributed by atoms with Crippen LogP contribution in [-0.4, -0.2) is 65.0 Å². The summed E-state index contributed by atoms with van der Waals surface area (Å²) in [6.07, 6.45) is 4.84. The van der Waals surface area contributed by atoms with Crippen LogP contribution in [0.5, 0.6) is 5.75 Å². The van der Waals surface area contributed by atoms with E-state index >= 15 is 0 Å². The summed E-state index contributed by atoms with van der Waals surface area (Å²) < 4.78 is 1.91. The van der Waals surface area contributed by atoms with Crippen molar-refractivity contribution in [2.45, 2.75) is 13.3 Å². The predicted molar refractivity (Wildman–Crippen MR) is 125 cm³/mol. The fourth-order valence-electron chi connectivity index (χ4n) is 3.82. The van der Waals surface area contributed by atoms with Gasteiger partial charge < -0.3 is 20.2 Å². The van der Waals surface area contributed by atoms with Gasteiger partial charge in [0.15, 0.2) is 5.96 Å². The first-order chi connectivity index (χ1) is 15.2. The molecule has 0 atom stereocenters. The van der Waals surface area contributed by atoms with Gasteiger partial charge in [-0.15, -0.1) is 0 Å². The third kappa shape index (κ3) is 5.17. The molecule has 0 spiro atoms. The van der Waals surface area contributed by atoms with E-state index in [2.05, 4.69) is 33.3 Å². The lowest BCUT2D eigenvalue weighted by Gasteiger charge is -2.37. The van der Waals surface area contributed by atoms with E-state index in [1.54, 1.807) is 6.07 Å². The summed E-state index contributed by atoms with van der Waals surface area (Å²) >= 11 is 0. The fraction of sp³-hybridized carbons (Fsp3) is 0.333. The molecule has 2 heterocycles. The van der Waals surface area contributed by atoms with E-state index in [0.29, 0.717) is 12.3 Å². The molecule has 2 aromatic carbocycles. The Kier molecular flexibility index (Phi) is 6.72. The lowest BCUT2D eigenvalue weighted by molar-refractivity contribution is 0.370. The number of benzene rings is 2. The molecule has 3 aromatic rings. The highest BCUT2D eigenvalue weighted by molar-refractivity contribution is 5.80. The number of aromatic hydroxyl groups is 1. The first-order valence-corrected chi connectivity index (χ1v) is 10.9. The third-order valence-electron chi connectivity index (χ3n) is 5.46. The van der Waals surface area contributed by atoms with Gasteiger partial charge in [0.1, 0.15) is 5.75 Å². The van der Waals surface area contributed by atoms with Crippen molar-refractivity contribution in [1.29, 1.82) is 0 Å². The van der Waals surface area contributed by atoms with Crippen molar-refractivity contribution in [3.63, 3.8) is 0 Å². The van der Waals surface area contributed by atoms with Gasteiger partial charge >= 0.3 is 0 Å². The first kappa shape index (κ1) is 20.8. The molecular weight excluding hydrogens is 388 g/mol. The van der Waals surface area contributed by atoms with E-state index in [4.69, 9.17) is 4.99 Å². The first-order valence-electron chi connectivity index (χ1n) is 10.9. The van der Waals surface area contributed by atoms with E-state index in [1.165, 1.54) is 5.56 Å². The van der Waals surface area contributed by atoms with Gasteiger partial charge in [0.2, 0.25) is 0 Å². The summed E-state index contributed by atoms with van der Waals surface area (Å²) in [5.74, 6) is 1.29. The minimum atomic E-state index is 0.340. The van der Waals surface area contributed by atoms with Gasteiger partial charge in [0, 0.05) is 45.5 Å². The van der Waals surface area contributed by atoms with E-state index in [-0.39, 0.29) is 0 Å². The fourth-order valence-corrected chi connectivity index (χ4v) is 3.82. The highest BCUT2D eigenvalue weighted by atomic mass is 16.3. The highest BCUT2D eigenvalue weighted by Gasteiger charge is 2.21. The third-order valence-corrected chi connectivity index (χ3v) is 5.46. The maximum Gasteiger partial charge on any atom is 0.194 e. The molecule has 31 heavy (non-hydrogen) atoms. The molecule has 1 saturated heterocycles. The van der Waals surface area contributed by atoms with Gasteiger partial charge in [-0.2, -0.15) is 5.10 Å². The number of guanidine groups is 1. The van der Waals surface area contributed by atoms with Crippen LogP contribution in [0.1, 0.15) is 12.5 Å². The van der Waals surface area contributed by atoms with Crippen molar-refractivity contribution in [3.8, 4) is 11.4 Å². The van der Waals surface area contributed by atoms with Crippen LogP contribution in [-0.2, 0) is 6.42 Å². The van der Waals surface area contributed by atoms with Crippen molar-refractivity contribution >= 4 is 11.6 Å². The van der Waals surface area contributed by atoms with Gasteiger partial charge in [0.25, 0.3) is 0 Å². The summed E-state index contributed by atoms with van der Waals surface area (Å²) in [7, 11) is 0. The molecule has 1 aromatic heterocycles. The zero-order valence-electron chi connectivity index (χ0n) is 18.0. The number of phenols is 1. The monoisotopic (exact) mass is 418 g/mol. The Morgan fingerprint density at radius 3 is 2.52 bits per heavy atom. The van der Waals surface area contributed by atoms with Crippen LogP contribution < -0.4 is 10.2 Å². The topological polar surface area (TPSA) is 68.9 Å². The van der Waals surface area contributed by atoms with Crippen LogP contribution >= 0.6 is 0 Å². The van der Waals surface area contributed by atoms with Gasteiger partial charge in [-0.25, -0.2) is 4.68 Å². The summed E-state index contributed by atoms with van der Waals surface area (Å²) in [4.78, 5) is 9.38. The number of para-hydroxylation sites is 3. The van der Waals surface area contributed by atoms with Gasteiger partial charge in [-0.3, -0.25) is 4.99 Å². The summed E-state index contributed by atoms with van der Waals surface area (Å²) in [6, 6.07) is 17.7. The van der Waals surface area contributed by atoms with Crippen LogP contribution in [0, 0.1) is 0 Å². The van der Waals surface area contributed by atoms with Gasteiger partial charge in [-0.1, -0.05) is 30.3 Å². The summed E-state index contributed by atoms with van der Waals surface area (Å²) in [6.45, 7) is 7.08. The number of aliphatic imine (C=N–C) groups is 1. The van der Waals surface area contributed by atoms with E-state index in [9.17, 15) is 5.11 Å².